The van der Waals surface area contributed by atoms with Crippen molar-refractivity contribution in [3.05, 3.63) is 180 Å². The van der Waals surface area contributed by atoms with Crippen LogP contribution in [0.4, 0.5) is 26.3 Å². The highest BCUT2D eigenvalue weighted by molar-refractivity contribution is 7.88. The second-order valence-electron chi connectivity index (χ2n) is 20.0. The fourth-order valence-electron chi connectivity index (χ4n) is 8.71. The Morgan fingerprint density at radius 3 is 1.34 bits per heavy atom. The highest BCUT2D eigenvalue weighted by Crippen LogP contribution is 2.52. The van der Waals surface area contributed by atoms with E-state index in [-0.39, 0.29) is 44.6 Å². The Balaban J connectivity index is 0.000000162. The molecule has 0 radical (unpaired) electrons. The summed E-state index contributed by atoms with van der Waals surface area (Å²) in [6.45, 7) is 0.771. The average Bonchev–Trinajstić information content (AvgIpc) is 4.38. The van der Waals surface area contributed by atoms with Gasteiger partial charge in [0, 0.05) is 93.9 Å². The largest absolute Gasteiger partial charge is 0.534 e. The van der Waals surface area contributed by atoms with Gasteiger partial charge in [-0.15, -0.1) is 0 Å². The van der Waals surface area contributed by atoms with Gasteiger partial charge < -0.3 is 33.6 Å². The summed E-state index contributed by atoms with van der Waals surface area (Å²) in [6, 6.07) is 27.1. The molecule has 2 heterocycles. The standard InChI is InChI=1S/C25H21Cl2F3N2O4S.C24H22Cl2N2O2.C8H3Cl2F3O4S/c26-20-12-23(36-37(33,34)25(28,29)30)21(27)11-15(20)13-32-24(8-9-24)19-14-31-10-7-17(19)18-3-1-2-4-22(18)35-16-5-6-16;25-20-12-22(29)21(26)11-15(20)13-28-24(8-9-24)19-14-27-10-7-17(19)18-3-1-2-4-23(18)30-16-5-6-16;9-5-2-7(6(10)1-4(5)3-14)17-18(15,16)8(11,12)13/h1-4,7,10-12,14,16,32H,5-6,8-9,13H2;1-4,7,10-12,14,16,28-29H,5-6,8-9,13H2;1-3H. The van der Waals surface area contributed by atoms with Crippen molar-refractivity contribution in [3.8, 4) is 51.0 Å². The molecule has 2 aromatic heterocycles. The Morgan fingerprint density at radius 2 is 0.929 bits per heavy atom. The Morgan fingerprint density at radius 1 is 0.529 bits per heavy atom. The molecule has 450 valence electrons. The van der Waals surface area contributed by atoms with Gasteiger partial charge in [0.1, 0.15) is 17.2 Å². The summed E-state index contributed by atoms with van der Waals surface area (Å²) in [4.78, 5) is 19.2. The number of aromatic hydroxyl groups is 1. The summed E-state index contributed by atoms with van der Waals surface area (Å²) in [5.74, 6) is 0.220. The van der Waals surface area contributed by atoms with Gasteiger partial charge in [0.25, 0.3) is 0 Å². The first kappa shape index (κ1) is 63.7. The van der Waals surface area contributed by atoms with Crippen LogP contribution in [0.25, 0.3) is 22.3 Å². The van der Waals surface area contributed by atoms with Crippen LogP contribution in [0.5, 0.6) is 28.7 Å². The number of benzene rings is 5. The number of halogens is 12. The van der Waals surface area contributed by atoms with Gasteiger partial charge in [-0.2, -0.15) is 43.2 Å². The van der Waals surface area contributed by atoms with Crippen LogP contribution in [0.1, 0.15) is 84.0 Å². The fourth-order valence-corrected chi connectivity index (χ4v) is 11.0. The van der Waals surface area contributed by atoms with Crippen molar-refractivity contribution in [3.63, 3.8) is 0 Å². The molecule has 0 amide bonds. The van der Waals surface area contributed by atoms with Crippen LogP contribution < -0.4 is 28.5 Å². The van der Waals surface area contributed by atoms with Gasteiger partial charge in [-0.3, -0.25) is 14.8 Å². The minimum Gasteiger partial charge on any atom is -0.506 e. The number of carbonyl (C=O) groups is 1. The van der Waals surface area contributed by atoms with Crippen LogP contribution in [0.3, 0.4) is 0 Å². The number of para-hydroxylation sites is 2. The molecular weight excluding hydrogens is 1290 g/mol. The molecular formula is C57H46Cl6F6N4O10S2. The molecule has 0 saturated heterocycles. The number of pyridine rings is 2. The maximum absolute atomic E-state index is 12.7. The molecule has 0 spiro atoms. The van der Waals surface area contributed by atoms with Crippen LogP contribution in [-0.4, -0.2) is 61.4 Å². The van der Waals surface area contributed by atoms with E-state index in [4.69, 9.17) is 79.1 Å². The molecule has 14 nitrogen and oxygen atoms in total. The number of hydrogen-bond acceptors (Lipinski definition) is 14. The molecule has 28 heteroatoms. The number of ether oxygens (including phenoxy) is 2. The summed E-state index contributed by atoms with van der Waals surface area (Å²) in [5.41, 5.74) is -4.19. The van der Waals surface area contributed by atoms with Gasteiger partial charge in [0.2, 0.25) is 0 Å². The molecule has 7 aromatic rings. The lowest BCUT2D eigenvalue weighted by molar-refractivity contribution is -0.0504. The molecule has 4 saturated carbocycles. The van der Waals surface area contributed by atoms with Crippen LogP contribution >= 0.6 is 69.6 Å². The van der Waals surface area contributed by atoms with Crippen molar-refractivity contribution < 1.29 is 70.9 Å². The van der Waals surface area contributed by atoms with Crippen LogP contribution in [0.2, 0.25) is 30.1 Å². The summed E-state index contributed by atoms with van der Waals surface area (Å²) in [7, 11) is -11.7. The Hall–Kier alpha value is -5.79. The monoisotopic (exact) mass is 1330 g/mol. The lowest BCUT2D eigenvalue weighted by Crippen LogP contribution is -2.29. The normalized spacial score (nSPS) is 16.0. The molecule has 0 atom stereocenters. The van der Waals surface area contributed by atoms with Crippen molar-refractivity contribution in [2.45, 2.75) is 98.8 Å². The first-order valence-electron chi connectivity index (χ1n) is 25.6. The molecule has 5 aromatic carbocycles. The maximum Gasteiger partial charge on any atom is 0.534 e. The minimum atomic E-state index is -5.88. The topological polar surface area (TPSA) is 192 Å². The summed E-state index contributed by atoms with van der Waals surface area (Å²) >= 11 is 35.7. The molecule has 3 N–H and O–H groups in total. The molecule has 0 bridgehead atoms. The predicted molar refractivity (Wildman–Crippen MR) is 310 cm³/mol. The van der Waals surface area contributed by atoms with E-state index in [0.29, 0.717) is 40.6 Å². The van der Waals surface area contributed by atoms with E-state index in [1.807, 2.05) is 67.1 Å². The Labute approximate surface area is 513 Å². The number of rotatable bonds is 19. The first-order chi connectivity index (χ1) is 40.1. The predicted octanol–water partition coefficient (Wildman–Crippen LogP) is 15.7. The number of aromatic nitrogens is 2. The molecule has 0 aliphatic heterocycles. The number of nitrogens with zero attached hydrogens (tertiary/aromatic N) is 2. The average molecular weight is 1340 g/mol. The van der Waals surface area contributed by atoms with Gasteiger partial charge in [0.15, 0.2) is 17.8 Å². The van der Waals surface area contributed by atoms with Crippen molar-refractivity contribution >= 4 is 96.1 Å². The van der Waals surface area contributed by atoms with E-state index in [1.54, 1.807) is 12.3 Å². The summed E-state index contributed by atoms with van der Waals surface area (Å²) in [5, 5.41) is 16.6. The molecule has 85 heavy (non-hydrogen) atoms. The Kier molecular flexibility index (Phi) is 19.1. The zero-order chi connectivity index (χ0) is 61.3. The van der Waals surface area contributed by atoms with E-state index in [0.717, 1.165) is 114 Å². The molecule has 4 aliphatic rings. The second kappa shape index (κ2) is 25.5. The third-order valence-corrected chi connectivity index (χ3v) is 17.6. The lowest BCUT2D eigenvalue weighted by atomic mass is 9.94. The number of alkyl halides is 6. The molecule has 11 rings (SSSR count). The third kappa shape index (κ3) is 15.3. The second-order valence-corrected chi connectivity index (χ2v) is 25.5. The zero-order valence-corrected chi connectivity index (χ0v) is 49.9. The van der Waals surface area contributed by atoms with Crippen molar-refractivity contribution in [1.29, 1.82) is 0 Å². The van der Waals surface area contributed by atoms with Gasteiger partial charge in [0.05, 0.1) is 32.3 Å². The van der Waals surface area contributed by atoms with Crippen molar-refractivity contribution in [2.75, 3.05) is 0 Å². The highest BCUT2D eigenvalue weighted by Gasteiger charge is 2.51. The number of aldehydes is 1. The summed E-state index contributed by atoms with van der Waals surface area (Å²) < 4.78 is 139. The summed E-state index contributed by atoms with van der Waals surface area (Å²) in [6.07, 6.45) is 16.2. The first-order valence-corrected chi connectivity index (χ1v) is 30.7. The number of nitrogens with one attached hydrogen (secondary N) is 2. The van der Waals surface area contributed by atoms with Gasteiger partial charge in [-0.05, 0) is 127 Å². The fraction of sp³-hybridized carbons (Fsp3) is 0.281. The quantitative estimate of drug-likeness (QED) is 0.0300. The van der Waals surface area contributed by atoms with Gasteiger partial charge in [-0.25, -0.2) is 0 Å². The molecule has 4 fully saturated rings. The number of carbonyl (C=O) groups excluding carboxylic acids is 1. The third-order valence-electron chi connectivity index (χ3n) is 13.8. The van der Waals surface area contributed by atoms with E-state index in [9.17, 15) is 53.1 Å². The van der Waals surface area contributed by atoms with Crippen LogP contribution in [0, 0.1) is 0 Å². The van der Waals surface area contributed by atoms with E-state index in [2.05, 4.69) is 41.1 Å². The SMILES string of the molecule is O=Cc1cc(Cl)c(OS(=O)(=O)C(F)(F)F)cc1Cl.O=S(=O)(Oc1cc(Cl)c(CNC2(c3cnccc3-c3ccccc3OC3CC3)CC2)cc1Cl)C(F)(F)F.Oc1cc(Cl)c(CNC2(c3cnccc3-c3ccccc3OC3CC3)CC2)cc1Cl. The van der Waals surface area contributed by atoms with Crippen molar-refractivity contribution in [1.82, 2.24) is 20.6 Å². The number of phenolic OH excluding ortho intramolecular Hbond substituents is 1. The van der Waals surface area contributed by atoms with E-state index < -0.39 is 53.3 Å². The minimum absolute atomic E-state index is 0.00614. The molecule has 0 unspecified atom stereocenters. The smallest absolute Gasteiger partial charge is 0.506 e. The van der Waals surface area contributed by atoms with Crippen molar-refractivity contribution in [2.24, 2.45) is 0 Å². The highest BCUT2D eigenvalue weighted by atomic mass is 35.5. The van der Waals surface area contributed by atoms with Crippen LogP contribution in [0.15, 0.2) is 122 Å². The van der Waals surface area contributed by atoms with Gasteiger partial charge in [-0.1, -0.05) is 106 Å². The maximum atomic E-state index is 12.7. The lowest BCUT2D eigenvalue weighted by Gasteiger charge is -2.23. The molecule has 4 aliphatic carbocycles. The van der Waals surface area contributed by atoms with E-state index >= 15 is 0 Å². The number of phenols is 1. The Bertz CT molecular complexity index is 3890. The zero-order valence-electron chi connectivity index (χ0n) is 43.7. The van der Waals surface area contributed by atoms with Crippen LogP contribution in [-0.2, 0) is 44.4 Å². The number of hydrogen-bond donors (Lipinski definition) is 3. The van der Waals surface area contributed by atoms with E-state index in [1.165, 1.54) is 12.1 Å². The van der Waals surface area contributed by atoms with Gasteiger partial charge >= 0.3 is 31.3 Å².